The second-order valence-electron chi connectivity index (χ2n) is 5.90. The molecule has 0 radical (unpaired) electrons. The minimum Gasteiger partial charge on any atom is -0.313 e. The molecule has 0 aromatic carbocycles. The minimum absolute atomic E-state index is 0.275. The summed E-state index contributed by atoms with van der Waals surface area (Å²) < 4.78 is 39.4. The Morgan fingerprint density at radius 2 is 1.90 bits per heavy atom. The molecule has 0 saturated heterocycles. The molecule has 1 atom stereocenters. The zero-order chi connectivity index (χ0) is 15.3. The predicted molar refractivity (Wildman–Crippen MR) is 76.8 cm³/mol. The molecule has 1 N–H and O–H groups in total. The van der Waals surface area contributed by atoms with Crippen LogP contribution in [0.4, 0.5) is 13.2 Å². The number of hydrogen-bond acceptors (Lipinski definition) is 2. The van der Waals surface area contributed by atoms with Crippen molar-refractivity contribution >= 4 is 0 Å². The molecule has 0 aliphatic heterocycles. The summed E-state index contributed by atoms with van der Waals surface area (Å²) in [5, 5.41) is 3.06. The number of hydrogen-bond donors (Lipinski definition) is 1. The van der Waals surface area contributed by atoms with Gasteiger partial charge in [0.25, 0.3) is 0 Å². The highest BCUT2D eigenvalue weighted by Gasteiger charge is 2.35. The summed E-state index contributed by atoms with van der Waals surface area (Å²) in [4.78, 5) is 3.90. The van der Waals surface area contributed by atoms with Crippen LogP contribution < -0.4 is 5.32 Å². The molecule has 2 rings (SSSR count). The van der Waals surface area contributed by atoms with Crippen LogP contribution in [-0.4, -0.2) is 12.0 Å². The van der Waals surface area contributed by atoms with Crippen LogP contribution in [0.5, 0.6) is 0 Å². The van der Waals surface area contributed by atoms with Crippen molar-refractivity contribution in [3.8, 4) is 0 Å². The van der Waals surface area contributed by atoms with Gasteiger partial charge in [-0.05, 0) is 31.0 Å². The molecular weight excluding hydrogens is 277 g/mol. The van der Waals surface area contributed by atoms with E-state index in [-0.39, 0.29) is 11.6 Å². The molecule has 1 unspecified atom stereocenters. The molecule has 1 aromatic heterocycles. The fourth-order valence-electron chi connectivity index (χ4n) is 3.28. The molecule has 1 aliphatic carbocycles. The van der Waals surface area contributed by atoms with Crippen molar-refractivity contribution in [3.05, 3.63) is 29.6 Å². The van der Waals surface area contributed by atoms with Gasteiger partial charge in [-0.25, -0.2) is 0 Å². The van der Waals surface area contributed by atoms with Crippen LogP contribution in [0.15, 0.2) is 18.5 Å². The largest absolute Gasteiger partial charge is 0.416 e. The van der Waals surface area contributed by atoms with Crippen molar-refractivity contribution < 1.29 is 13.2 Å². The third kappa shape index (κ3) is 4.43. The highest BCUT2D eigenvalue weighted by atomic mass is 19.4. The highest BCUT2D eigenvalue weighted by Crippen LogP contribution is 2.37. The Hall–Kier alpha value is -1.10. The number of nitrogens with one attached hydrogen (secondary N) is 1. The number of halogens is 3. The van der Waals surface area contributed by atoms with Crippen LogP contribution in [-0.2, 0) is 6.18 Å². The first-order valence-corrected chi connectivity index (χ1v) is 7.70. The second kappa shape index (κ2) is 7.25. The molecule has 1 fully saturated rings. The van der Waals surface area contributed by atoms with E-state index in [4.69, 9.17) is 0 Å². The van der Waals surface area contributed by atoms with Gasteiger partial charge < -0.3 is 5.32 Å². The summed E-state index contributed by atoms with van der Waals surface area (Å²) in [6.07, 6.45) is 6.15. The molecule has 1 heterocycles. The Kier molecular flexibility index (Phi) is 5.62. The van der Waals surface area contributed by atoms with E-state index in [1.165, 1.54) is 38.1 Å². The van der Waals surface area contributed by atoms with Gasteiger partial charge in [0.05, 0.1) is 5.56 Å². The van der Waals surface area contributed by atoms with E-state index in [0.717, 1.165) is 25.3 Å². The zero-order valence-electron chi connectivity index (χ0n) is 12.4. The van der Waals surface area contributed by atoms with E-state index >= 15 is 0 Å². The van der Waals surface area contributed by atoms with E-state index in [1.807, 2.05) is 0 Å². The average Bonchev–Trinajstić information content (AvgIpc) is 2.72. The van der Waals surface area contributed by atoms with Crippen LogP contribution in [0.2, 0.25) is 0 Å². The first kappa shape index (κ1) is 16.3. The molecule has 21 heavy (non-hydrogen) atoms. The Morgan fingerprint density at radius 1 is 1.24 bits per heavy atom. The van der Waals surface area contributed by atoms with Crippen LogP contribution in [0, 0.1) is 5.92 Å². The summed E-state index contributed by atoms with van der Waals surface area (Å²) in [7, 11) is 1.73. The molecule has 5 heteroatoms. The molecule has 1 aromatic rings. The molecule has 1 saturated carbocycles. The third-order valence-corrected chi connectivity index (χ3v) is 4.42. The van der Waals surface area contributed by atoms with E-state index in [9.17, 15) is 13.2 Å². The van der Waals surface area contributed by atoms with E-state index in [0.29, 0.717) is 5.92 Å². The van der Waals surface area contributed by atoms with Crippen LogP contribution in [0.1, 0.15) is 62.1 Å². The van der Waals surface area contributed by atoms with Crippen LogP contribution in [0.3, 0.4) is 0 Å². The lowest BCUT2D eigenvalue weighted by atomic mass is 9.88. The SMILES string of the molecule is CNC(CC1CCCCCC1)c1cnccc1C(F)(F)F. The molecule has 0 amide bonds. The quantitative estimate of drug-likeness (QED) is 0.814. The van der Waals surface area contributed by atoms with Gasteiger partial charge in [-0.15, -0.1) is 0 Å². The van der Waals surface area contributed by atoms with Crippen molar-refractivity contribution in [1.82, 2.24) is 10.3 Å². The van der Waals surface area contributed by atoms with E-state index < -0.39 is 11.7 Å². The average molecular weight is 300 g/mol. The Balaban J connectivity index is 2.17. The van der Waals surface area contributed by atoms with Gasteiger partial charge in [-0.3, -0.25) is 4.98 Å². The fraction of sp³-hybridized carbons (Fsp3) is 0.688. The van der Waals surface area contributed by atoms with Gasteiger partial charge in [-0.1, -0.05) is 38.5 Å². The van der Waals surface area contributed by atoms with Crippen molar-refractivity contribution in [1.29, 1.82) is 0 Å². The smallest absolute Gasteiger partial charge is 0.313 e. The van der Waals surface area contributed by atoms with Gasteiger partial charge in [0.2, 0.25) is 0 Å². The standard InChI is InChI=1S/C16H23F3N2/c1-20-15(10-12-6-4-2-3-5-7-12)13-11-21-9-8-14(13)16(17,18)19/h8-9,11-12,15,20H,2-7,10H2,1H3. The molecule has 118 valence electrons. The van der Waals surface area contributed by atoms with Gasteiger partial charge >= 0.3 is 6.18 Å². The minimum atomic E-state index is -4.32. The number of alkyl halides is 3. The normalized spacial score (nSPS) is 19.2. The lowest BCUT2D eigenvalue weighted by Gasteiger charge is -2.25. The van der Waals surface area contributed by atoms with Gasteiger partial charge in [0.1, 0.15) is 0 Å². The molecule has 0 bridgehead atoms. The number of aromatic nitrogens is 1. The van der Waals surface area contributed by atoms with Crippen molar-refractivity contribution in [2.45, 2.75) is 57.2 Å². The monoisotopic (exact) mass is 300 g/mol. The molecule has 0 spiro atoms. The Labute approximate surface area is 124 Å². The topological polar surface area (TPSA) is 24.9 Å². The number of rotatable bonds is 4. The number of nitrogens with zero attached hydrogens (tertiary/aromatic N) is 1. The fourth-order valence-corrected chi connectivity index (χ4v) is 3.28. The maximum atomic E-state index is 13.1. The van der Waals surface area contributed by atoms with Crippen LogP contribution in [0.25, 0.3) is 0 Å². The van der Waals surface area contributed by atoms with Crippen molar-refractivity contribution in [2.24, 2.45) is 5.92 Å². The van der Waals surface area contributed by atoms with Gasteiger partial charge in [0.15, 0.2) is 0 Å². The first-order chi connectivity index (χ1) is 10.0. The van der Waals surface area contributed by atoms with Crippen molar-refractivity contribution in [2.75, 3.05) is 7.05 Å². The number of pyridine rings is 1. The molecular formula is C16H23F3N2. The third-order valence-electron chi connectivity index (χ3n) is 4.42. The summed E-state index contributed by atoms with van der Waals surface area (Å²) in [6, 6.07) is 0.797. The predicted octanol–water partition coefficient (Wildman–Crippen LogP) is 4.72. The molecule has 1 aliphatic rings. The van der Waals surface area contributed by atoms with Crippen LogP contribution >= 0.6 is 0 Å². The van der Waals surface area contributed by atoms with E-state index in [1.54, 1.807) is 7.05 Å². The second-order valence-corrected chi connectivity index (χ2v) is 5.90. The molecule has 2 nitrogen and oxygen atoms in total. The van der Waals surface area contributed by atoms with E-state index in [2.05, 4.69) is 10.3 Å². The van der Waals surface area contributed by atoms with Gasteiger partial charge in [-0.2, -0.15) is 13.2 Å². The van der Waals surface area contributed by atoms with Crippen molar-refractivity contribution in [3.63, 3.8) is 0 Å². The lowest BCUT2D eigenvalue weighted by Crippen LogP contribution is -2.23. The maximum absolute atomic E-state index is 13.1. The van der Waals surface area contributed by atoms with Gasteiger partial charge in [0, 0.05) is 18.4 Å². The Bertz CT molecular complexity index is 437. The summed E-state index contributed by atoms with van der Waals surface area (Å²) in [6.45, 7) is 0. The zero-order valence-corrected chi connectivity index (χ0v) is 12.4. The highest BCUT2D eigenvalue weighted by molar-refractivity contribution is 5.29. The first-order valence-electron chi connectivity index (χ1n) is 7.70. The Morgan fingerprint density at radius 3 is 2.48 bits per heavy atom. The lowest BCUT2D eigenvalue weighted by molar-refractivity contribution is -0.138. The summed E-state index contributed by atoms with van der Waals surface area (Å²) in [5.74, 6) is 0.506. The summed E-state index contributed by atoms with van der Waals surface area (Å²) in [5.41, 5.74) is -0.290. The summed E-state index contributed by atoms with van der Waals surface area (Å²) >= 11 is 0. The maximum Gasteiger partial charge on any atom is 0.416 e.